The van der Waals surface area contributed by atoms with Gasteiger partial charge in [-0.3, -0.25) is 0 Å². The van der Waals surface area contributed by atoms with E-state index in [9.17, 15) is 9.59 Å². The van der Waals surface area contributed by atoms with Crippen molar-refractivity contribution in [3.05, 3.63) is 35.9 Å². The molecule has 0 saturated carbocycles. The summed E-state index contributed by atoms with van der Waals surface area (Å²) in [7, 11) is 0. The SMILES string of the molecule is CC(C)(C)OC(=O)N1CCC2(CCN(OC(=O)c3ccccc3)C2)CC1. The van der Waals surface area contributed by atoms with E-state index in [1.807, 2.05) is 39.0 Å². The zero-order chi connectivity index (χ0) is 18.8. The second-order valence-corrected chi connectivity index (χ2v) is 8.33. The van der Waals surface area contributed by atoms with E-state index in [0.717, 1.165) is 32.4 Å². The van der Waals surface area contributed by atoms with Gasteiger partial charge in [0.15, 0.2) is 0 Å². The average Bonchev–Trinajstić information content (AvgIpc) is 2.97. The van der Waals surface area contributed by atoms with Crippen LogP contribution in [-0.4, -0.2) is 53.8 Å². The van der Waals surface area contributed by atoms with E-state index in [1.54, 1.807) is 22.1 Å². The molecule has 26 heavy (non-hydrogen) atoms. The molecule has 2 heterocycles. The Morgan fingerprint density at radius 2 is 1.62 bits per heavy atom. The molecular weight excluding hydrogens is 332 g/mol. The number of hydrogen-bond donors (Lipinski definition) is 0. The Morgan fingerprint density at radius 1 is 1.00 bits per heavy atom. The standard InChI is InChI=1S/C20H28N2O4/c1-19(2,3)25-18(24)21-12-9-20(10-13-21)11-14-22(15-20)26-17(23)16-7-5-4-6-8-16/h4-8H,9-15H2,1-3H3. The number of hydroxylamine groups is 2. The summed E-state index contributed by atoms with van der Waals surface area (Å²) in [5.74, 6) is -0.311. The normalized spacial score (nSPS) is 20.2. The molecule has 2 aliphatic heterocycles. The van der Waals surface area contributed by atoms with Crippen molar-refractivity contribution in [3.8, 4) is 0 Å². The van der Waals surface area contributed by atoms with Gasteiger partial charge in [-0.15, -0.1) is 5.06 Å². The van der Waals surface area contributed by atoms with E-state index in [2.05, 4.69) is 0 Å². The number of nitrogens with zero attached hydrogens (tertiary/aromatic N) is 2. The van der Waals surface area contributed by atoms with Gasteiger partial charge in [0, 0.05) is 26.2 Å². The number of rotatable bonds is 2. The fourth-order valence-corrected chi connectivity index (χ4v) is 3.61. The molecule has 1 aromatic carbocycles. The summed E-state index contributed by atoms with van der Waals surface area (Å²) in [6, 6.07) is 9.05. The summed E-state index contributed by atoms with van der Waals surface area (Å²) in [6.07, 6.45) is 2.56. The molecule has 6 heteroatoms. The van der Waals surface area contributed by atoms with Crippen LogP contribution in [0.4, 0.5) is 4.79 Å². The molecule has 1 spiro atoms. The number of amides is 1. The van der Waals surface area contributed by atoms with Gasteiger partial charge >= 0.3 is 12.1 Å². The van der Waals surface area contributed by atoms with Crippen LogP contribution in [0.5, 0.6) is 0 Å². The van der Waals surface area contributed by atoms with Gasteiger partial charge in [-0.2, -0.15) is 0 Å². The lowest BCUT2D eigenvalue weighted by Crippen LogP contribution is -2.46. The zero-order valence-electron chi connectivity index (χ0n) is 15.9. The van der Waals surface area contributed by atoms with Crippen molar-refractivity contribution in [3.63, 3.8) is 0 Å². The van der Waals surface area contributed by atoms with Crippen LogP contribution in [0.2, 0.25) is 0 Å². The molecule has 6 nitrogen and oxygen atoms in total. The summed E-state index contributed by atoms with van der Waals surface area (Å²) < 4.78 is 5.46. The largest absolute Gasteiger partial charge is 0.444 e. The number of benzene rings is 1. The molecule has 0 aliphatic carbocycles. The topological polar surface area (TPSA) is 59.1 Å². The van der Waals surface area contributed by atoms with Gasteiger partial charge in [-0.25, -0.2) is 9.59 Å². The van der Waals surface area contributed by atoms with Gasteiger partial charge in [0.1, 0.15) is 5.60 Å². The molecule has 142 valence electrons. The highest BCUT2D eigenvalue weighted by Gasteiger charge is 2.43. The Kier molecular flexibility index (Phi) is 5.23. The lowest BCUT2D eigenvalue weighted by atomic mass is 9.78. The molecule has 0 N–H and O–H groups in total. The van der Waals surface area contributed by atoms with E-state index in [4.69, 9.17) is 9.57 Å². The summed E-state index contributed by atoms with van der Waals surface area (Å²) in [6.45, 7) is 8.49. The highest BCUT2D eigenvalue weighted by atomic mass is 16.7. The molecule has 0 aromatic heterocycles. The third-order valence-corrected chi connectivity index (χ3v) is 5.10. The van der Waals surface area contributed by atoms with Gasteiger partial charge < -0.3 is 14.5 Å². The van der Waals surface area contributed by atoms with Crippen LogP contribution in [0.25, 0.3) is 0 Å². The molecule has 2 saturated heterocycles. The number of carbonyl (C=O) groups is 2. The summed E-state index contributed by atoms with van der Waals surface area (Å²) >= 11 is 0. The summed E-state index contributed by atoms with van der Waals surface area (Å²) in [5, 5.41) is 1.78. The number of ether oxygens (including phenoxy) is 1. The van der Waals surface area contributed by atoms with E-state index in [0.29, 0.717) is 18.7 Å². The van der Waals surface area contributed by atoms with Gasteiger partial charge in [-0.05, 0) is 57.6 Å². The maximum atomic E-state index is 12.2. The van der Waals surface area contributed by atoms with Gasteiger partial charge in [0.25, 0.3) is 0 Å². The van der Waals surface area contributed by atoms with Crippen molar-refractivity contribution in [1.29, 1.82) is 0 Å². The Hall–Kier alpha value is -2.08. The smallest absolute Gasteiger partial charge is 0.410 e. The van der Waals surface area contributed by atoms with Gasteiger partial charge in [0.2, 0.25) is 0 Å². The van der Waals surface area contributed by atoms with Crippen LogP contribution >= 0.6 is 0 Å². The third-order valence-electron chi connectivity index (χ3n) is 5.10. The first-order valence-corrected chi connectivity index (χ1v) is 9.27. The predicted molar refractivity (Wildman–Crippen MR) is 97.5 cm³/mol. The number of likely N-dealkylation sites (tertiary alicyclic amines) is 1. The molecule has 0 radical (unpaired) electrons. The lowest BCUT2D eigenvalue weighted by molar-refractivity contribution is -0.102. The van der Waals surface area contributed by atoms with Gasteiger partial charge in [0.05, 0.1) is 5.56 Å². The summed E-state index contributed by atoms with van der Waals surface area (Å²) in [4.78, 5) is 31.8. The summed E-state index contributed by atoms with van der Waals surface area (Å²) in [5.41, 5.74) is 0.213. The minimum absolute atomic E-state index is 0.121. The maximum Gasteiger partial charge on any atom is 0.410 e. The molecule has 2 aliphatic rings. The van der Waals surface area contributed by atoms with Crippen LogP contribution < -0.4 is 0 Å². The molecule has 2 fully saturated rings. The van der Waals surface area contributed by atoms with Crippen LogP contribution in [0.1, 0.15) is 50.4 Å². The number of piperidine rings is 1. The molecule has 0 unspecified atom stereocenters. The Labute approximate surface area is 155 Å². The Bertz CT molecular complexity index is 646. The molecular formula is C20H28N2O4. The van der Waals surface area contributed by atoms with Crippen molar-refractivity contribution in [1.82, 2.24) is 9.96 Å². The minimum atomic E-state index is -0.470. The first kappa shape index (κ1) is 18.7. The first-order valence-electron chi connectivity index (χ1n) is 9.27. The van der Waals surface area contributed by atoms with E-state index >= 15 is 0 Å². The molecule has 1 amide bonds. The van der Waals surface area contributed by atoms with E-state index < -0.39 is 5.60 Å². The average molecular weight is 360 g/mol. The van der Waals surface area contributed by atoms with E-state index in [1.165, 1.54) is 0 Å². The first-order chi connectivity index (χ1) is 12.3. The van der Waals surface area contributed by atoms with Crippen LogP contribution in [0.3, 0.4) is 0 Å². The van der Waals surface area contributed by atoms with Crippen LogP contribution in [0, 0.1) is 5.41 Å². The quantitative estimate of drug-likeness (QED) is 0.808. The van der Waals surface area contributed by atoms with Crippen LogP contribution in [-0.2, 0) is 9.57 Å². The fourth-order valence-electron chi connectivity index (χ4n) is 3.61. The minimum Gasteiger partial charge on any atom is -0.444 e. The van der Waals surface area contributed by atoms with Crippen LogP contribution in [0.15, 0.2) is 30.3 Å². The van der Waals surface area contributed by atoms with Crippen molar-refractivity contribution >= 4 is 12.1 Å². The second kappa shape index (κ2) is 7.27. The molecule has 3 rings (SSSR count). The highest BCUT2D eigenvalue weighted by Crippen LogP contribution is 2.40. The fraction of sp³-hybridized carbons (Fsp3) is 0.600. The lowest BCUT2D eigenvalue weighted by Gasteiger charge is -2.39. The van der Waals surface area contributed by atoms with Crippen molar-refractivity contribution in [2.45, 2.75) is 45.6 Å². The number of carbonyl (C=O) groups excluding carboxylic acids is 2. The Morgan fingerprint density at radius 3 is 2.23 bits per heavy atom. The Balaban J connectivity index is 1.50. The molecule has 1 aromatic rings. The third kappa shape index (κ3) is 4.55. The molecule has 0 bridgehead atoms. The van der Waals surface area contributed by atoms with Crippen molar-refractivity contribution in [2.75, 3.05) is 26.2 Å². The van der Waals surface area contributed by atoms with Gasteiger partial charge in [-0.1, -0.05) is 18.2 Å². The van der Waals surface area contributed by atoms with Crippen molar-refractivity contribution in [2.24, 2.45) is 5.41 Å². The van der Waals surface area contributed by atoms with E-state index in [-0.39, 0.29) is 17.5 Å². The highest BCUT2D eigenvalue weighted by molar-refractivity contribution is 5.89. The second-order valence-electron chi connectivity index (χ2n) is 8.33. The number of hydrogen-bond acceptors (Lipinski definition) is 5. The monoisotopic (exact) mass is 360 g/mol. The predicted octanol–water partition coefficient (Wildman–Crippen LogP) is 3.48. The molecule has 0 atom stereocenters. The van der Waals surface area contributed by atoms with Crippen molar-refractivity contribution < 1.29 is 19.2 Å². The zero-order valence-corrected chi connectivity index (χ0v) is 15.9. The maximum absolute atomic E-state index is 12.2.